The monoisotopic (exact) mass is 245 g/mol. The number of amides is 1. The van der Waals surface area contributed by atoms with E-state index in [1.54, 1.807) is 35.6 Å². The average molecular weight is 245 g/mol. The van der Waals surface area contributed by atoms with Gasteiger partial charge in [-0.05, 0) is 5.56 Å². The number of hydrogen-bond acceptors (Lipinski definition) is 2. The number of rotatable bonds is 3. The Hall–Kier alpha value is -1.56. The van der Waals surface area contributed by atoms with Crippen molar-refractivity contribution in [3.8, 4) is 0 Å². The van der Waals surface area contributed by atoms with Crippen LogP contribution >= 0.6 is 0 Å². The number of carbonyl (C=O) groups excluding carboxylic acids is 1. The van der Waals surface area contributed by atoms with Crippen molar-refractivity contribution in [3.63, 3.8) is 0 Å². The summed E-state index contributed by atoms with van der Waals surface area (Å²) in [4.78, 5) is 11.0. The molecule has 2 rings (SSSR count). The minimum absolute atomic E-state index is 0.00843. The largest absolute Gasteiger partial charge is 0.411 e. The highest BCUT2D eigenvalue weighted by Gasteiger charge is 2.56. The van der Waals surface area contributed by atoms with Gasteiger partial charge in [0.15, 0.2) is 12.1 Å². The van der Waals surface area contributed by atoms with Gasteiger partial charge in [-0.3, -0.25) is 4.79 Å². The Balaban J connectivity index is 1.93. The predicted octanol–water partition coefficient (Wildman–Crippen LogP) is 1.63. The van der Waals surface area contributed by atoms with Crippen LogP contribution in [0.15, 0.2) is 30.3 Å². The lowest BCUT2D eigenvalue weighted by atomic mass is 10.0. The lowest BCUT2D eigenvalue weighted by Gasteiger charge is -2.37. The molecule has 1 aromatic carbocycles. The maximum atomic E-state index is 12.4. The molecule has 0 aliphatic carbocycles. The molecule has 3 nitrogen and oxygen atoms in total. The van der Waals surface area contributed by atoms with Crippen LogP contribution in [0.1, 0.15) is 5.56 Å². The third-order valence-electron chi connectivity index (χ3n) is 2.48. The summed E-state index contributed by atoms with van der Waals surface area (Å²) in [5, 5.41) is 1.78. The van der Waals surface area contributed by atoms with E-state index in [1.807, 2.05) is 0 Å². The van der Waals surface area contributed by atoms with Gasteiger partial charge in [-0.15, -0.1) is 0 Å². The van der Waals surface area contributed by atoms with Crippen LogP contribution in [-0.4, -0.2) is 24.2 Å². The number of hydrogen-bond donors (Lipinski definition) is 1. The molecule has 0 spiro atoms. The zero-order valence-electron chi connectivity index (χ0n) is 8.70. The first-order valence-corrected chi connectivity index (χ1v) is 5.01. The lowest BCUT2D eigenvalue weighted by Crippen LogP contribution is -2.69. The summed E-state index contributed by atoms with van der Waals surface area (Å²) in [6, 6.07) is 6.84. The minimum atomic E-state index is -4.46. The number of benzene rings is 1. The van der Waals surface area contributed by atoms with Crippen molar-refractivity contribution in [1.82, 2.24) is 5.32 Å². The maximum absolute atomic E-state index is 12.4. The fourth-order valence-corrected chi connectivity index (χ4v) is 1.55. The van der Waals surface area contributed by atoms with Gasteiger partial charge in [0.05, 0.1) is 6.61 Å². The maximum Gasteiger partial charge on any atom is 0.411 e. The van der Waals surface area contributed by atoms with E-state index in [-0.39, 0.29) is 6.61 Å². The number of β-lactam (4-membered cyclic amide) rings is 1. The zero-order chi connectivity index (χ0) is 12.5. The predicted molar refractivity (Wildman–Crippen MR) is 53.0 cm³/mol. The van der Waals surface area contributed by atoms with Crippen molar-refractivity contribution in [2.75, 3.05) is 0 Å². The van der Waals surface area contributed by atoms with Crippen molar-refractivity contribution in [2.45, 2.75) is 24.9 Å². The molecular formula is C11H10F3NO2. The first-order valence-electron chi connectivity index (χ1n) is 5.01. The highest BCUT2D eigenvalue weighted by atomic mass is 19.4. The molecule has 1 aliphatic rings. The molecule has 0 radical (unpaired) electrons. The molecular weight excluding hydrogens is 235 g/mol. The Morgan fingerprint density at radius 1 is 1.24 bits per heavy atom. The van der Waals surface area contributed by atoms with Gasteiger partial charge in [-0.2, -0.15) is 13.2 Å². The molecule has 1 aromatic rings. The summed E-state index contributed by atoms with van der Waals surface area (Å²) in [5.74, 6) is -0.719. The van der Waals surface area contributed by atoms with Crippen molar-refractivity contribution < 1.29 is 22.7 Å². The highest BCUT2D eigenvalue weighted by Crippen LogP contribution is 2.29. The Morgan fingerprint density at radius 2 is 1.88 bits per heavy atom. The van der Waals surface area contributed by atoms with Crippen LogP contribution in [0, 0.1) is 0 Å². The third kappa shape index (κ3) is 2.58. The quantitative estimate of drug-likeness (QED) is 0.822. The summed E-state index contributed by atoms with van der Waals surface area (Å²) in [5.41, 5.74) is 0.730. The number of carbonyl (C=O) groups is 1. The Bertz CT molecular complexity index is 405. The van der Waals surface area contributed by atoms with Gasteiger partial charge in [0, 0.05) is 0 Å². The van der Waals surface area contributed by atoms with E-state index in [9.17, 15) is 18.0 Å². The standard InChI is InChI=1S/C11H10F3NO2/c12-11(13,14)9-8(10(16)15-9)17-6-7-4-2-1-3-5-7/h1-5,8-9H,6H2,(H,15,16)/t8-,9-/m1/s1. The van der Waals surface area contributed by atoms with Gasteiger partial charge in [0.25, 0.3) is 5.91 Å². The number of halogens is 3. The summed E-state index contributed by atoms with van der Waals surface area (Å²) < 4.78 is 42.0. The number of ether oxygens (including phenoxy) is 1. The van der Waals surface area contributed by atoms with E-state index in [2.05, 4.69) is 0 Å². The van der Waals surface area contributed by atoms with E-state index < -0.39 is 24.2 Å². The molecule has 1 heterocycles. The van der Waals surface area contributed by atoms with Crippen LogP contribution < -0.4 is 5.32 Å². The van der Waals surface area contributed by atoms with Gasteiger partial charge in [0.2, 0.25) is 0 Å². The Kier molecular flexibility index (Phi) is 3.06. The van der Waals surface area contributed by atoms with Crippen molar-refractivity contribution in [2.24, 2.45) is 0 Å². The van der Waals surface area contributed by atoms with Gasteiger partial charge in [0.1, 0.15) is 0 Å². The van der Waals surface area contributed by atoms with Crippen molar-refractivity contribution in [1.29, 1.82) is 0 Å². The van der Waals surface area contributed by atoms with Crippen LogP contribution in [-0.2, 0) is 16.1 Å². The second kappa shape index (κ2) is 4.37. The molecule has 0 bridgehead atoms. The molecule has 1 aliphatic heterocycles. The van der Waals surface area contributed by atoms with E-state index in [0.717, 1.165) is 5.56 Å². The molecule has 1 fully saturated rings. The Morgan fingerprint density at radius 3 is 2.41 bits per heavy atom. The SMILES string of the molecule is O=C1N[C@@H](C(F)(F)F)[C@H]1OCc1ccccc1. The number of alkyl halides is 3. The smallest absolute Gasteiger partial charge is 0.361 e. The molecule has 0 aromatic heterocycles. The van der Waals surface area contributed by atoms with Crippen LogP contribution in [0.2, 0.25) is 0 Å². The number of nitrogens with one attached hydrogen (secondary N) is 1. The Labute approximate surface area is 95.6 Å². The summed E-state index contributed by atoms with van der Waals surface area (Å²) in [6.45, 7) is -0.00843. The fourth-order valence-electron chi connectivity index (χ4n) is 1.55. The molecule has 1 N–H and O–H groups in total. The van der Waals surface area contributed by atoms with Gasteiger partial charge in [-0.1, -0.05) is 30.3 Å². The molecule has 2 atom stereocenters. The first kappa shape index (κ1) is 11.9. The molecule has 0 unspecified atom stereocenters. The van der Waals surface area contributed by atoms with E-state index in [1.165, 1.54) is 0 Å². The summed E-state index contributed by atoms with van der Waals surface area (Å²) in [6.07, 6.45) is -5.90. The van der Waals surface area contributed by atoms with Crippen molar-refractivity contribution in [3.05, 3.63) is 35.9 Å². The molecule has 1 saturated heterocycles. The topological polar surface area (TPSA) is 38.3 Å². The van der Waals surface area contributed by atoms with Crippen LogP contribution in [0.4, 0.5) is 13.2 Å². The van der Waals surface area contributed by atoms with E-state index in [4.69, 9.17) is 4.74 Å². The summed E-state index contributed by atoms with van der Waals surface area (Å²) in [7, 11) is 0. The van der Waals surface area contributed by atoms with E-state index in [0.29, 0.717) is 0 Å². The molecule has 1 amide bonds. The van der Waals surface area contributed by atoms with Crippen molar-refractivity contribution >= 4 is 5.91 Å². The normalized spacial score (nSPS) is 24.1. The molecule has 6 heteroatoms. The molecule has 0 saturated carbocycles. The average Bonchev–Trinajstić information content (AvgIpc) is 2.26. The second-order valence-electron chi connectivity index (χ2n) is 3.75. The zero-order valence-corrected chi connectivity index (χ0v) is 8.70. The third-order valence-corrected chi connectivity index (χ3v) is 2.48. The van der Waals surface area contributed by atoms with Gasteiger partial charge < -0.3 is 10.1 Å². The first-order chi connectivity index (χ1) is 7.98. The highest BCUT2D eigenvalue weighted by molar-refractivity contribution is 5.88. The molecule has 17 heavy (non-hydrogen) atoms. The minimum Gasteiger partial charge on any atom is -0.361 e. The van der Waals surface area contributed by atoms with E-state index >= 15 is 0 Å². The van der Waals surface area contributed by atoms with Gasteiger partial charge >= 0.3 is 6.18 Å². The fraction of sp³-hybridized carbons (Fsp3) is 0.364. The summed E-state index contributed by atoms with van der Waals surface area (Å²) >= 11 is 0. The van der Waals surface area contributed by atoms with Gasteiger partial charge in [-0.25, -0.2) is 0 Å². The molecule has 92 valence electrons. The van der Waals surface area contributed by atoms with Crippen LogP contribution in [0.5, 0.6) is 0 Å². The van der Waals surface area contributed by atoms with Crippen LogP contribution in [0.3, 0.4) is 0 Å². The van der Waals surface area contributed by atoms with Crippen LogP contribution in [0.25, 0.3) is 0 Å². The second-order valence-corrected chi connectivity index (χ2v) is 3.75. The lowest BCUT2D eigenvalue weighted by molar-refractivity contribution is -0.213.